The van der Waals surface area contributed by atoms with Gasteiger partial charge in [0.25, 0.3) is 0 Å². The first-order valence-corrected chi connectivity index (χ1v) is 6.80. The van der Waals surface area contributed by atoms with Crippen LogP contribution in [-0.2, 0) is 4.52 Å². The lowest BCUT2D eigenvalue weighted by Crippen LogP contribution is -1.88. The van der Waals surface area contributed by atoms with Gasteiger partial charge in [-0.15, -0.1) is 0 Å². The van der Waals surface area contributed by atoms with Crippen molar-refractivity contribution in [3.63, 3.8) is 0 Å². The third-order valence-electron chi connectivity index (χ3n) is 0.830. The van der Waals surface area contributed by atoms with E-state index in [1.54, 1.807) is 7.11 Å². The van der Waals surface area contributed by atoms with E-state index in [1.165, 1.54) is 5.75 Å². The van der Waals surface area contributed by atoms with Crippen LogP contribution in [0.5, 0.6) is 0 Å². The summed E-state index contributed by atoms with van der Waals surface area (Å²) in [6.07, 6.45) is 0. The fraction of sp³-hybridized carbons (Fsp3) is 1.00. The molecule has 48 valence electrons. The second-order valence-corrected chi connectivity index (χ2v) is 8.13. The van der Waals surface area contributed by atoms with Gasteiger partial charge in [0, 0.05) is 18.1 Å². The van der Waals surface area contributed by atoms with Gasteiger partial charge in [0.1, 0.15) is 0 Å². The second-order valence-electron chi connectivity index (χ2n) is 1.62. The first-order chi connectivity index (χ1) is 3.83. The minimum atomic E-state index is -0.149. The van der Waals surface area contributed by atoms with Crippen molar-refractivity contribution in [3.8, 4) is 0 Å². The van der Waals surface area contributed by atoms with Gasteiger partial charge >= 0.3 is 0 Å². The molecule has 0 saturated carbocycles. The van der Waals surface area contributed by atoms with E-state index >= 15 is 0 Å². The van der Waals surface area contributed by atoms with Crippen molar-refractivity contribution < 1.29 is 4.52 Å². The Morgan fingerprint density at radius 3 is 2.75 bits per heavy atom. The Hall–Kier alpha value is 1.09. The molecule has 0 unspecified atom stereocenters. The predicted molar refractivity (Wildman–Crippen MR) is 43.4 cm³/mol. The fourth-order valence-corrected chi connectivity index (χ4v) is 7.74. The van der Waals surface area contributed by atoms with E-state index in [9.17, 15) is 0 Å². The van der Waals surface area contributed by atoms with Crippen molar-refractivity contribution in [1.82, 2.24) is 0 Å². The van der Waals surface area contributed by atoms with Gasteiger partial charge in [-0.05, 0) is 0 Å². The van der Waals surface area contributed by atoms with E-state index in [-0.39, 0.29) is 6.55 Å². The van der Waals surface area contributed by atoms with Crippen LogP contribution in [0.25, 0.3) is 0 Å². The molecule has 1 saturated heterocycles. The summed E-state index contributed by atoms with van der Waals surface area (Å²) in [5.74, 6) is 1.27. The summed E-state index contributed by atoms with van der Waals surface area (Å²) in [5.41, 5.74) is 0. The van der Waals surface area contributed by atoms with Gasteiger partial charge in [-0.25, -0.2) is 0 Å². The van der Waals surface area contributed by atoms with Crippen LogP contribution in [0, 0.1) is 0 Å². The summed E-state index contributed by atoms with van der Waals surface area (Å²) in [5, 5.41) is 0.811. The Balaban J connectivity index is 2.22. The Bertz CT molecular complexity index is 80.4. The van der Waals surface area contributed by atoms with Crippen LogP contribution in [0.1, 0.15) is 6.92 Å². The fourth-order valence-electron chi connectivity index (χ4n) is 0.469. The van der Waals surface area contributed by atoms with Gasteiger partial charge in [-0.1, -0.05) is 29.7 Å². The zero-order valence-electron chi connectivity index (χ0n) is 4.96. The summed E-state index contributed by atoms with van der Waals surface area (Å²) >= 11 is 3.93. The lowest BCUT2D eigenvalue weighted by atomic mass is 10.6. The monoisotopic (exact) mass is 168 g/mol. The highest BCUT2D eigenvalue weighted by molar-refractivity contribution is 8.88. The molecule has 1 heterocycles. The SMILES string of the molecule is CO[P@@]1SC[C@H](C)S1. The van der Waals surface area contributed by atoms with Crippen molar-refractivity contribution in [1.29, 1.82) is 0 Å². The van der Waals surface area contributed by atoms with E-state index in [2.05, 4.69) is 6.92 Å². The molecular weight excluding hydrogens is 159 g/mol. The standard InChI is InChI=1S/C4H9OPS2/c1-4-3-7-6(5-2)8-4/h4H,3H2,1-2H3/t4-,6-/m0/s1. The molecule has 8 heavy (non-hydrogen) atoms. The molecule has 0 bridgehead atoms. The largest absolute Gasteiger partial charge is 0.342 e. The first-order valence-electron chi connectivity index (χ1n) is 2.47. The molecular formula is C4H9OPS2. The maximum atomic E-state index is 5.17. The Morgan fingerprint density at radius 1 is 1.75 bits per heavy atom. The van der Waals surface area contributed by atoms with Crippen molar-refractivity contribution in [2.24, 2.45) is 0 Å². The van der Waals surface area contributed by atoms with Crippen LogP contribution in [0.15, 0.2) is 0 Å². The summed E-state index contributed by atoms with van der Waals surface area (Å²) in [4.78, 5) is 0. The predicted octanol–water partition coefficient (Wildman–Crippen LogP) is 2.73. The molecule has 4 heteroatoms. The molecule has 0 aromatic rings. The van der Waals surface area contributed by atoms with Gasteiger partial charge in [0.05, 0.1) is 0 Å². The number of rotatable bonds is 1. The smallest absolute Gasteiger partial charge is 0.151 e. The molecule has 0 amide bonds. The van der Waals surface area contributed by atoms with Gasteiger partial charge < -0.3 is 4.52 Å². The normalized spacial score (nSPS) is 38.2. The maximum absolute atomic E-state index is 5.17. The molecule has 1 rings (SSSR count). The molecule has 0 N–H and O–H groups in total. The average Bonchev–Trinajstić information content (AvgIpc) is 2.14. The first kappa shape index (κ1) is 7.20. The molecule has 1 fully saturated rings. The molecule has 0 radical (unpaired) electrons. The molecule has 2 atom stereocenters. The molecule has 0 spiro atoms. The van der Waals surface area contributed by atoms with Gasteiger partial charge in [0.2, 0.25) is 0 Å². The molecule has 0 aromatic heterocycles. The Labute approximate surface area is 59.3 Å². The van der Waals surface area contributed by atoms with E-state index in [0.717, 1.165) is 5.25 Å². The summed E-state index contributed by atoms with van der Waals surface area (Å²) < 4.78 is 5.17. The van der Waals surface area contributed by atoms with Crippen LogP contribution in [-0.4, -0.2) is 18.1 Å². The van der Waals surface area contributed by atoms with E-state index in [1.807, 2.05) is 22.8 Å². The molecule has 1 aliphatic heterocycles. The third kappa shape index (κ3) is 1.80. The maximum Gasteiger partial charge on any atom is 0.151 e. The van der Waals surface area contributed by atoms with Gasteiger partial charge in [-0.2, -0.15) is 0 Å². The van der Waals surface area contributed by atoms with Crippen LogP contribution in [0.2, 0.25) is 0 Å². The average molecular weight is 168 g/mol. The van der Waals surface area contributed by atoms with Crippen LogP contribution in [0.3, 0.4) is 0 Å². The Morgan fingerprint density at radius 2 is 2.50 bits per heavy atom. The summed E-state index contributed by atoms with van der Waals surface area (Å²) in [6.45, 7) is 2.10. The van der Waals surface area contributed by atoms with Gasteiger partial charge in [0.15, 0.2) is 6.55 Å². The zero-order chi connectivity index (χ0) is 5.98. The minimum Gasteiger partial charge on any atom is -0.342 e. The third-order valence-corrected chi connectivity index (χ3v) is 8.19. The number of hydrogen-bond donors (Lipinski definition) is 0. The Kier molecular flexibility index (Phi) is 2.98. The van der Waals surface area contributed by atoms with E-state index in [4.69, 9.17) is 4.52 Å². The summed E-state index contributed by atoms with van der Waals surface area (Å²) in [6, 6.07) is 0. The molecule has 0 aromatic carbocycles. The second kappa shape index (κ2) is 3.31. The lowest BCUT2D eigenvalue weighted by Gasteiger charge is -2.01. The zero-order valence-corrected chi connectivity index (χ0v) is 7.48. The van der Waals surface area contributed by atoms with Crippen LogP contribution in [0.4, 0.5) is 0 Å². The quantitative estimate of drug-likeness (QED) is 0.557. The van der Waals surface area contributed by atoms with Crippen molar-refractivity contribution in [3.05, 3.63) is 0 Å². The number of hydrogen-bond acceptors (Lipinski definition) is 3. The summed E-state index contributed by atoms with van der Waals surface area (Å²) in [7, 11) is 1.80. The van der Waals surface area contributed by atoms with Crippen molar-refractivity contribution >= 4 is 29.3 Å². The highest BCUT2D eigenvalue weighted by Crippen LogP contribution is 2.68. The van der Waals surface area contributed by atoms with Crippen LogP contribution >= 0.6 is 29.3 Å². The van der Waals surface area contributed by atoms with E-state index in [0.29, 0.717) is 0 Å². The van der Waals surface area contributed by atoms with Crippen LogP contribution < -0.4 is 0 Å². The molecule has 1 nitrogen and oxygen atoms in total. The van der Waals surface area contributed by atoms with Crippen molar-refractivity contribution in [2.45, 2.75) is 12.2 Å². The van der Waals surface area contributed by atoms with Gasteiger partial charge in [-0.3, -0.25) is 0 Å². The van der Waals surface area contributed by atoms with E-state index < -0.39 is 0 Å². The highest BCUT2D eigenvalue weighted by atomic mass is 33.1. The lowest BCUT2D eigenvalue weighted by molar-refractivity contribution is 0.482. The molecule has 1 aliphatic rings. The molecule has 0 aliphatic carbocycles. The topological polar surface area (TPSA) is 9.23 Å². The highest BCUT2D eigenvalue weighted by Gasteiger charge is 2.22. The minimum absolute atomic E-state index is 0.149. The van der Waals surface area contributed by atoms with Crippen molar-refractivity contribution in [2.75, 3.05) is 12.9 Å².